The maximum atomic E-state index is 3.63. The minimum Gasteiger partial charge on any atom is -0.103 e. The summed E-state index contributed by atoms with van der Waals surface area (Å²) < 4.78 is 0. The molecule has 0 aromatic heterocycles. The molecule has 0 aliphatic heterocycles. The fourth-order valence-corrected chi connectivity index (χ4v) is 0.500. The van der Waals surface area contributed by atoms with Crippen LogP contribution in [0, 0.1) is 5.92 Å². The molecule has 0 saturated carbocycles. The van der Waals surface area contributed by atoms with Gasteiger partial charge in [0.05, 0.1) is 0 Å². The van der Waals surface area contributed by atoms with Crippen LogP contribution in [-0.4, -0.2) is 0 Å². The van der Waals surface area contributed by atoms with E-state index in [0.717, 1.165) is 0 Å². The summed E-state index contributed by atoms with van der Waals surface area (Å²) in [6.07, 6.45) is 9.95. The van der Waals surface area contributed by atoms with E-state index in [9.17, 15) is 0 Å². The number of rotatable bonds is 4. The summed E-state index contributed by atoms with van der Waals surface area (Å²) >= 11 is 0. The third-order valence-electron chi connectivity index (χ3n) is 1.74. The predicted molar refractivity (Wildman–Crippen MR) is 59.4 cm³/mol. The van der Waals surface area contributed by atoms with Crippen molar-refractivity contribution < 1.29 is 0 Å². The summed E-state index contributed by atoms with van der Waals surface area (Å²) in [6, 6.07) is 0. The molecule has 0 aliphatic carbocycles. The van der Waals surface area contributed by atoms with Crippen molar-refractivity contribution in [3.63, 3.8) is 0 Å². The smallest absolute Gasteiger partial charge is 0.0267 e. The molecule has 0 heteroatoms. The van der Waals surface area contributed by atoms with E-state index in [1.165, 1.54) is 19.3 Å². The summed E-state index contributed by atoms with van der Waals surface area (Å²) in [5.41, 5.74) is 0. The van der Waals surface area contributed by atoms with Gasteiger partial charge < -0.3 is 0 Å². The molecule has 0 fully saturated rings. The van der Waals surface area contributed by atoms with Crippen LogP contribution >= 0.6 is 0 Å². The van der Waals surface area contributed by atoms with Gasteiger partial charge in [-0.05, 0) is 19.3 Å². The Morgan fingerprint density at radius 3 is 2.00 bits per heavy atom. The fraction of sp³-hybridized carbons (Fsp3) is 0.667. The zero-order valence-corrected chi connectivity index (χ0v) is 9.14. The first-order valence-electron chi connectivity index (χ1n) is 4.96. The molecular weight excluding hydrogens is 144 g/mol. The number of hydrogen-bond donors (Lipinski definition) is 0. The monoisotopic (exact) mass is 168 g/mol. The topological polar surface area (TPSA) is 0 Å². The average Bonchev–Trinajstić information content (AvgIpc) is 2.14. The molecule has 0 nitrogen and oxygen atoms in total. The molecule has 0 aliphatic rings. The Kier molecular flexibility index (Phi) is 15.3. The van der Waals surface area contributed by atoms with Gasteiger partial charge in [0.25, 0.3) is 0 Å². The number of unbranched alkanes of at least 4 members (excludes halogenated alkanes) is 1. The van der Waals surface area contributed by atoms with Crippen LogP contribution in [0.4, 0.5) is 0 Å². The van der Waals surface area contributed by atoms with Gasteiger partial charge >= 0.3 is 0 Å². The first-order chi connectivity index (χ1) is 5.72. The van der Waals surface area contributed by atoms with Gasteiger partial charge in [-0.3, -0.25) is 0 Å². The van der Waals surface area contributed by atoms with Crippen molar-refractivity contribution in [3.8, 4) is 0 Å². The molecule has 0 rings (SSSR count). The Morgan fingerprint density at radius 1 is 1.33 bits per heavy atom. The first-order valence-corrected chi connectivity index (χ1v) is 4.96. The number of hydrogen-bond acceptors (Lipinski definition) is 0. The Hall–Kier alpha value is -0.520. The summed E-state index contributed by atoms with van der Waals surface area (Å²) in [4.78, 5) is 0. The second-order valence-corrected chi connectivity index (χ2v) is 2.98. The third kappa shape index (κ3) is 16.2. The van der Waals surface area contributed by atoms with Crippen LogP contribution in [0.25, 0.3) is 0 Å². The largest absolute Gasteiger partial charge is 0.103 e. The van der Waals surface area contributed by atoms with E-state index in [0.29, 0.717) is 5.92 Å². The first kappa shape index (κ1) is 14.0. The molecule has 1 atom stereocenters. The highest BCUT2D eigenvalue weighted by molar-refractivity contribution is 4.75. The minimum atomic E-state index is 0.699. The molecule has 0 heterocycles. The lowest BCUT2D eigenvalue weighted by Crippen LogP contribution is -1.80. The molecule has 0 N–H and O–H groups in total. The van der Waals surface area contributed by atoms with Crippen LogP contribution in [0.5, 0.6) is 0 Å². The van der Waals surface area contributed by atoms with E-state index in [1.54, 1.807) is 0 Å². The lowest BCUT2D eigenvalue weighted by atomic mass is 10.1. The van der Waals surface area contributed by atoms with Crippen LogP contribution < -0.4 is 0 Å². The maximum absolute atomic E-state index is 3.63. The SMILES string of the molecule is C=CC(C)CC.CC=CCCC. The lowest BCUT2D eigenvalue weighted by molar-refractivity contribution is 0.700. The van der Waals surface area contributed by atoms with Gasteiger partial charge in [-0.25, -0.2) is 0 Å². The highest BCUT2D eigenvalue weighted by Gasteiger charge is 1.84. The molecule has 0 aromatic carbocycles. The van der Waals surface area contributed by atoms with E-state index in [-0.39, 0.29) is 0 Å². The molecule has 0 aromatic rings. The highest BCUT2D eigenvalue weighted by atomic mass is 13.9. The zero-order valence-electron chi connectivity index (χ0n) is 9.14. The standard InChI is InChI=1S/2C6H12/c1-4-6(3)5-2;1-3-5-6-4-2/h4,6H,1,5H2,2-3H3;3,5H,4,6H2,1-2H3. The van der Waals surface area contributed by atoms with Gasteiger partial charge in [0.2, 0.25) is 0 Å². The van der Waals surface area contributed by atoms with E-state index in [4.69, 9.17) is 0 Å². The molecule has 1 unspecified atom stereocenters. The van der Waals surface area contributed by atoms with Gasteiger partial charge in [0, 0.05) is 0 Å². The van der Waals surface area contributed by atoms with Crippen LogP contribution in [0.1, 0.15) is 47.0 Å². The van der Waals surface area contributed by atoms with Crippen molar-refractivity contribution in [2.75, 3.05) is 0 Å². The second-order valence-electron chi connectivity index (χ2n) is 2.98. The Bertz CT molecular complexity index is 101. The van der Waals surface area contributed by atoms with E-state index in [2.05, 4.69) is 46.4 Å². The van der Waals surface area contributed by atoms with Crippen molar-refractivity contribution >= 4 is 0 Å². The lowest BCUT2D eigenvalue weighted by Gasteiger charge is -1.93. The van der Waals surface area contributed by atoms with Crippen molar-refractivity contribution in [1.29, 1.82) is 0 Å². The molecule has 0 radical (unpaired) electrons. The average molecular weight is 168 g/mol. The molecule has 0 bridgehead atoms. The van der Waals surface area contributed by atoms with Gasteiger partial charge in [0.15, 0.2) is 0 Å². The molecule has 72 valence electrons. The quantitative estimate of drug-likeness (QED) is 0.539. The minimum absolute atomic E-state index is 0.699. The van der Waals surface area contributed by atoms with Crippen molar-refractivity contribution in [1.82, 2.24) is 0 Å². The summed E-state index contributed by atoms with van der Waals surface area (Å²) in [6.45, 7) is 12.2. The molecule has 12 heavy (non-hydrogen) atoms. The van der Waals surface area contributed by atoms with Crippen molar-refractivity contribution in [2.24, 2.45) is 5.92 Å². The van der Waals surface area contributed by atoms with Gasteiger partial charge in [-0.1, -0.05) is 51.8 Å². The van der Waals surface area contributed by atoms with E-state index >= 15 is 0 Å². The van der Waals surface area contributed by atoms with Crippen molar-refractivity contribution in [3.05, 3.63) is 24.8 Å². The Labute approximate surface area is 78.4 Å². The number of allylic oxidation sites excluding steroid dienone is 3. The maximum Gasteiger partial charge on any atom is -0.0267 e. The van der Waals surface area contributed by atoms with Crippen LogP contribution in [0.2, 0.25) is 0 Å². The van der Waals surface area contributed by atoms with Crippen molar-refractivity contribution in [2.45, 2.75) is 47.0 Å². The van der Waals surface area contributed by atoms with Gasteiger partial charge in [-0.15, -0.1) is 6.58 Å². The third-order valence-corrected chi connectivity index (χ3v) is 1.74. The highest BCUT2D eigenvalue weighted by Crippen LogP contribution is 1.98. The summed E-state index contributed by atoms with van der Waals surface area (Å²) in [5, 5.41) is 0. The predicted octanol–water partition coefficient (Wildman–Crippen LogP) is 4.58. The van der Waals surface area contributed by atoms with Crippen LogP contribution in [0.15, 0.2) is 24.8 Å². The molecule has 0 spiro atoms. The summed E-state index contributed by atoms with van der Waals surface area (Å²) in [7, 11) is 0. The fourth-order valence-electron chi connectivity index (χ4n) is 0.500. The second kappa shape index (κ2) is 13.1. The molecular formula is C12H24. The molecule has 0 saturated heterocycles. The Balaban J connectivity index is 0. The van der Waals surface area contributed by atoms with Gasteiger partial charge in [-0.2, -0.15) is 0 Å². The Morgan fingerprint density at radius 2 is 1.92 bits per heavy atom. The van der Waals surface area contributed by atoms with E-state index < -0.39 is 0 Å². The summed E-state index contributed by atoms with van der Waals surface area (Å²) in [5.74, 6) is 0.699. The normalized spacial score (nSPS) is 12.0. The van der Waals surface area contributed by atoms with Crippen LogP contribution in [0.3, 0.4) is 0 Å². The van der Waals surface area contributed by atoms with E-state index in [1.807, 2.05) is 6.08 Å². The molecule has 0 amide bonds. The van der Waals surface area contributed by atoms with Gasteiger partial charge in [0.1, 0.15) is 0 Å². The zero-order chi connectivity index (χ0) is 9.82. The van der Waals surface area contributed by atoms with Crippen LogP contribution in [-0.2, 0) is 0 Å².